The molecule has 2 heterocycles. The zero-order valence-corrected chi connectivity index (χ0v) is 14.8. The zero-order valence-electron chi connectivity index (χ0n) is 14.8. The maximum atomic E-state index is 12.3. The van der Waals surface area contributed by atoms with Gasteiger partial charge in [0.15, 0.2) is 0 Å². The number of aryl methyl sites for hydroxylation is 1. The number of piperidine rings is 1. The van der Waals surface area contributed by atoms with Crippen LogP contribution in [0.15, 0.2) is 24.3 Å². The van der Waals surface area contributed by atoms with Gasteiger partial charge in [-0.15, -0.1) is 0 Å². The fourth-order valence-corrected chi connectivity index (χ4v) is 3.60. The molecule has 3 rings (SSSR count). The summed E-state index contributed by atoms with van der Waals surface area (Å²) in [4.78, 5) is 19.5. The third-order valence-electron chi connectivity index (χ3n) is 4.84. The van der Waals surface area contributed by atoms with Crippen LogP contribution in [0.3, 0.4) is 0 Å². The number of imidazole rings is 1. The second-order valence-corrected chi connectivity index (χ2v) is 6.63. The van der Waals surface area contributed by atoms with E-state index < -0.39 is 0 Å². The quantitative estimate of drug-likeness (QED) is 0.887. The highest BCUT2D eigenvalue weighted by atomic mass is 16.1. The largest absolute Gasteiger partial charge is 0.356 e. The van der Waals surface area contributed by atoms with Gasteiger partial charge in [0, 0.05) is 19.6 Å². The number of benzene rings is 1. The molecule has 130 valence electrons. The minimum Gasteiger partial charge on any atom is -0.356 e. The summed E-state index contributed by atoms with van der Waals surface area (Å²) >= 11 is 0. The van der Waals surface area contributed by atoms with Gasteiger partial charge in [0.05, 0.1) is 23.5 Å². The van der Waals surface area contributed by atoms with Crippen LogP contribution in [0.5, 0.6) is 0 Å². The molecule has 1 saturated heterocycles. The second-order valence-electron chi connectivity index (χ2n) is 6.63. The van der Waals surface area contributed by atoms with Crippen LogP contribution in [-0.4, -0.2) is 40.0 Å². The molecule has 0 spiro atoms. The first-order valence-electron chi connectivity index (χ1n) is 9.17. The summed E-state index contributed by atoms with van der Waals surface area (Å²) in [5.41, 5.74) is 2.26. The summed E-state index contributed by atoms with van der Waals surface area (Å²) in [5.74, 6) is 1.43. The van der Waals surface area contributed by atoms with Crippen LogP contribution in [0, 0.1) is 5.92 Å². The van der Waals surface area contributed by atoms with E-state index >= 15 is 0 Å². The van der Waals surface area contributed by atoms with Crippen LogP contribution < -0.4 is 5.32 Å². The molecule has 5 nitrogen and oxygen atoms in total. The predicted molar refractivity (Wildman–Crippen MR) is 96.7 cm³/mol. The molecule has 0 radical (unpaired) electrons. The number of carbonyl (C=O) groups excluding carboxylic acids is 1. The number of carbonyl (C=O) groups is 1. The molecule has 5 heteroatoms. The first kappa shape index (κ1) is 17.0. The van der Waals surface area contributed by atoms with Crippen molar-refractivity contribution >= 4 is 16.9 Å². The van der Waals surface area contributed by atoms with E-state index in [1.807, 2.05) is 6.07 Å². The maximum absolute atomic E-state index is 12.3. The van der Waals surface area contributed by atoms with Gasteiger partial charge in [-0.3, -0.25) is 9.69 Å². The lowest BCUT2D eigenvalue weighted by Crippen LogP contribution is -2.43. The average Bonchev–Trinajstić information content (AvgIpc) is 2.96. The first-order valence-corrected chi connectivity index (χ1v) is 9.17. The van der Waals surface area contributed by atoms with Gasteiger partial charge in [-0.1, -0.05) is 19.1 Å². The minimum atomic E-state index is 0.116. The van der Waals surface area contributed by atoms with Crippen LogP contribution in [0.25, 0.3) is 11.0 Å². The van der Waals surface area contributed by atoms with Gasteiger partial charge in [0.2, 0.25) is 5.91 Å². The summed E-state index contributed by atoms with van der Waals surface area (Å²) < 4.78 is 2.29. The van der Waals surface area contributed by atoms with Crippen LogP contribution >= 0.6 is 0 Å². The lowest BCUT2D eigenvalue weighted by molar-refractivity contribution is -0.126. The van der Waals surface area contributed by atoms with E-state index in [1.54, 1.807) is 0 Å². The van der Waals surface area contributed by atoms with Crippen molar-refractivity contribution in [1.82, 2.24) is 19.8 Å². The summed E-state index contributed by atoms with van der Waals surface area (Å²) in [7, 11) is 0. The minimum absolute atomic E-state index is 0.116. The normalized spacial score (nSPS) is 18.8. The van der Waals surface area contributed by atoms with Gasteiger partial charge >= 0.3 is 0 Å². The van der Waals surface area contributed by atoms with Gasteiger partial charge in [0.1, 0.15) is 5.82 Å². The number of amides is 1. The van der Waals surface area contributed by atoms with E-state index in [2.05, 4.69) is 46.8 Å². The Kier molecular flexibility index (Phi) is 5.51. The number of fused-ring (bicyclic) bond motifs is 1. The number of likely N-dealkylation sites (tertiary alicyclic amines) is 1. The molecule has 1 aliphatic rings. The van der Waals surface area contributed by atoms with Crippen molar-refractivity contribution in [3.63, 3.8) is 0 Å². The first-order chi connectivity index (χ1) is 11.7. The Labute approximate surface area is 144 Å². The van der Waals surface area contributed by atoms with Crippen LogP contribution in [0.4, 0.5) is 0 Å². The molecule has 2 aromatic rings. The number of hydrogen-bond acceptors (Lipinski definition) is 3. The van der Waals surface area contributed by atoms with E-state index in [9.17, 15) is 4.79 Å². The van der Waals surface area contributed by atoms with Gasteiger partial charge in [-0.05, 0) is 44.9 Å². The van der Waals surface area contributed by atoms with Gasteiger partial charge < -0.3 is 9.88 Å². The molecular formula is C19H28N4O. The molecule has 24 heavy (non-hydrogen) atoms. The molecule has 1 atom stereocenters. The Hall–Kier alpha value is -1.88. The number of hydrogen-bond donors (Lipinski definition) is 1. The van der Waals surface area contributed by atoms with Crippen molar-refractivity contribution in [2.45, 2.75) is 46.2 Å². The molecule has 1 amide bonds. The van der Waals surface area contributed by atoms with Crippen molar-refractivity contribution in [1.29, 1.82) is 0 Å². The van der Waals surface area contributed by atoms with Gasteiger partial charge in [-0.2, -0.15) is 0 Å². The van der Waals surface area contributed by atoms with Crippen LogP contribution in [-0.2, 0) is 17.9 Å². The highest BCUT2D eigenvalue weighted by molar-refractivity contribution is 5.79. The van der Waals surface area contributed by atoms with Gasteiger partial charge in [0.25, 0.3) is 0 Å². The maximum Gasteiger partial charge on any atom is 0.224 e. The third-order valence-corrected chi connectivity index (χ3v) is 4.84. The molecule has 1 N–H and O–H groups in total. The zero-order chi connectivity index (χ0) is 16.9. The van der Waals surface area contributed by atoms with Crippen molar-refractivity contribution in [2.75, 3.05) is 19.6 Å². The van der Waals surface area contributed by atoms with Crippen molar-refractivity contribution in [2.24, 2.45) is 5.92 Å². The van der Waals surface area contributed by atoms with E-state index in [0.717, 1.165) is 63.3 Å². The fourth-order valence-electron chi connectivity index (χ4n) is 3.60. The molecule has 1 aliphatic heterocycles. The highest BCUT2D eigenvalue weighted by Gasteiger charge is 2.26. The Morgan fingerprint density at radius 1 is 1.33 bits per heavy atom. The number of aromatic nitrogens is 2. The Morgan fingerprint density at radius 3 is 2.96 bits per heavy atom. The smallest absolute Gasteiger partial charge is 0.224 e. The Morgan fingerprint density at radius 2 is 2.17 bits per heavy atom. The molecule has 0 unspecified atom stereocenters. The summed E-state index contributed by atoms with van der Waals surface area (Å²) in [6, 6.07) is 8.30. The third kappa shape index (κ3) is 3.61. The van der Waals surface area contributed by atoms with Crippen LogP contribution in [0.1, 0.15) is 38.9 Å². The molecule has 0 bridgehead atoms. The SMILES string of the molecule is CCCNC(=O)[C@H]1CCCN(Cc2nc3ccccc3n2CC)C1. The molecule has 1 aromatic carbocycles. The fraction of sp³-hybridized carbons (Fsp3) is 0.579. The van der Waals surface area contributed by atoms with E-state index in [1.165, 1.54) is 5.52 Å². The molecule has 0 saturated carbocycles. The monoisotopic (exact) mass is 328 g/mol. The van der Waals surface area contributed by atoms with Gasteiger partial charge in [-0.25, -0.2) is 4.98 Å². The Balaban J connectivity index is 1.70. The summed E-state index contributed by atoms with van der Waals surface area (Å²) in [6.07, 6.45) is 3.06. The van der Waals surface area contributed by atoms with E-state index in [4.69, 9.17) is 4.98 Å². The standard InChI is InChI=1S/C19H28N4O/c1-3-11-20-19(24)15-8-7-12-22(13-15)14-18-21-16-9-5-6-10-17(16)23(18)4-2/h5-6,9-10,15H,3-4,7-8,11-14H2,1-2H3,(H,20,24)/t15-/m0/s1. The van der Waals surface area contributed by atoms with Crippen molar-refractivity contribution in [3.05, 3.63) is 30.1 Å². The number of nitrogens with one attached hydrogen (secondary N) is 1. The average molecular weight is 328 g/mol. The van der Waals surface area contributed by atoms with Crippen molar-refractivity contribution in [3.8, 4) is 0 Å². The molecule has 1 aromatic heterocycles. The lowest BCUT2D eigenvalue weighted by Gasteiger charge is -2.31. The molecular weight excluding hydrogens is 300 g/mol. The van der Waals surface area contributed by atoms with E-state index in [0.29, 0.717) is 0 Å². The second kappa shape index (κ2) is 7.79. The molecule has 0 aliphatic carbocycles. The topological polar surface area (TPSA) is 50.2 Å². The van der Waals surface area contributed by atoms with Crippen molar-refractivity contribution < 1.29 is 4.79 Å². The number of nitrogens with zero attached hydrogens (tertiary/aromatic N) is 3. The number of para-hydroxylation sites is 2. The highest BCUT2D eigenvalue weighted by Crippen LogP contribution is 2.21. The molecule has 1 fully saturated rings. The number of rotatable bonds is 6. The summed E-state index contributed by atoms with van der Waals surface area (Å²) in [5, 5.41) is 3.04. The predicted octanol–water partition coefficient (Wildman–Crippen LogP) is 2.79. The Bertz CT molecular complexity index is 694. The summed E-state index contributed by atoms with van der Waals surface area (Å²) in [6.45, 7) is 8.65. The lowest BCUT2D eigenvalue weighted by atomic mass is 9.97. The van der Waals surface area contributed by atoms with Crippen LogP contribution in [0.2, 0.25) is 0 Å². The van der Waals surface area contributed by atoms with E-state index in [-0.39, 0.29) is 11.8 Å².